The molecule has 5 nitrogen and oxygen atoms in total. The lowest BCUT2D eigenvalue weighted by Crippen LogP contribution is -2.10. The monoisotopic (exact) mass is 326 g/mol. The first-order valence-corrected chi connectivity index (χ1v) is 6.44. The number of carbonyl (C=O) groups excluding carboxylic acids is 1. The summed E-state index contributed by atoms with van der Waals surface area (Å²) in [4.78, 5) is 19.2. The molecule has 0 saturated carbocycles. The number of halogens is 3. The molecule has 0 aliphatic carbocycles. The number of aromatic nitrogens is 2. The second-order valence-corrected chi connectivity index (χ2v) is 4.63. The largest absolute Gasteiger partial charge is 0.494 e. The molecule has 2 aromatic rings. The van der Waals surface area contributed by atoms with Crippen LogP contribution >= 0.6 is 0 Å². The van der Waals surface area contributed by atoms with Gasteiger partial charge < -0.3 is 9.47 Å². The first-order valence-electron chi connectivity index (χ1n) is 6.44. The molecule has 0 saturated heterocycles. The molecule has 0 fully saturated rings. The van der Waals surface area contributed by atoms with Crippen LogP contribution in [0.2, 0.25) is 0 Å². The summed E-state index contributed by atoms with van der Waals surface area (Å²) in [5, 5.41) is 0. The molecule has 0 unspecified atom stereocenters. The third-order valence-electron chi connectivity index (χ3n) is 3.11. The number of alkyl halides is 3. The molecule has 0 bridgehead atoms. The zero-order valence-electron chi connectivity index (χ0n) is 12.6. The van der Waals surface area contributed by atoms with Crippen LogP contribution in [0, 0.1) is 6.92 Å². The summed E-state index contributed by atoms with van der Waals surface area (Å²) in [6.45, 7) is 1.66. The van der Waals surface area contributed by atoms with E-state index in [-0.39, 0.29) is 22.4 Å². The molecule has 2 aromatic heterocycles. The van der Waals surface area contributed by atoms with Crippen LogP contribution in [0.3, 0.4) is 0 Å². The fourth-order valence-corrected chi connectivity index (χ4v) is 2.03. The van der Waals surface area contributed by atoms with Crippen LogP contribution in [0.25, 0.3) is 11.1 Å². The molecule has 122 valence electrons. The van der Waals surface area contributed by atoms with Crippen molar-refractivity contribution in [3.8, 4) is 16.9 Å². The van der Waals surface area contributed by atoms with E-state index in [1.807, 2.05) is 0 Å². The third-order valence-corrected chi connectivity index (χ3v) is 3.11. The lowest BCUT2D eigenvalue weighted by Gasteiger charge is -2.14. The second kappa shape index (κ2) is 6.23. The van der Waals surface area contributed by atoms with Gasteiger partial charge in [0.25, 0.3) is 0 Å². The van der Waals surface area contributed by atoms with Gasteiger partial charge in [-0.3, -0.25) is 4.98 Å². The summed E-state index contributed by atoms with van der Waals surface area (Å²) < 4.78 is 48.5. The zero-order valence-corrected chi connectivity index (χ0v) is 12.6. The Balaban J connectivity index is 2.74. The van der Waals surface area contributed by atoms with E-state index in [0.29, 0.717) is 5.69 Å². The molecule has 8 heteroatoms. The summed E-state index contributed by atoms with van der Waals surface area (Å²) >= 11 is 0. The molecule has 0 radical (unpaired) electrons. The number of methoxy groups -OCH3 is 2. The van der Waals surface area contributed by atoms with E-state index in [9.17, 15) is 18.0 Å². The Hall–Kier alpha value is -2.64. The number of aryl methyl sites for hydroxylation is 1. The van der Waals surface area contributed by atoms with Gasteiger partial charge in [-0.15, -0.1) is 0 Å². The van der Waals surface area contributed by atoms with Gasteiger partial charge in [0.05, 0.1) is 26.0 Å². The average Bonchev–Trinajstić information content (AvgIpc) is 2.52. The maximum atomic E-state index is 12.9. The summed E-state index contributed by atoms with van der Waals surface area (Å²) in [6.07, 6.45) is -2.40. The van der Waals surface area contributed by atoms with Gasteiger partial charge >= 0.3 is 12.1 Å². The van der Waals surface area contributed by atoms with Crippen LogP contribution < -0.4 is 4.74 Å². The molecule has 0 aliphatic heterocycles. The standard InChI is InChI=1S/C15H13F3N2O3/c1-8-4-9(11(6-19-8)14(21)23-3)10-5-13(15(16,17)18)20-7-12(10)22-2/h4-7H,1-3H3. The fourth-order valence-electron chi connectivity index (χ4n) is 2.03. The summed E-state index contributed by atoms with van der Waals surface area (Å²) in [6, 6.07) is 2.32. The first-order chi connectivity index (χ1) is 10.8. The van der Waals surface area contributed by atoms with Gasteiger partial charge in [0.2, 0.25) is 0 Å². The van der Waals surface area contributed by atoms with Gasteiger partial charge in [-0.2, -0.15) is 13.2 Å². The number of carbonyl (C=O) groups is 1. The number of hydrogen-bond acceptors (Lipinski definition) is 5. The lowest BCUT2D eigenvalue weighted by atomic mass is 10.00. The van der Waals surface area contributed by atoms with Crippen molar-refractivity contribution in [3.05, 3.63) is 41.5 Å². The Morgan fingerprint density at radius 2 is 1.78 bits per heavy atom. The predicted molar refractivity (Wildman–Crippen MR) is 75.1 cm³/mol. The molecule has 0 atom stereocenters. The highest BCUT2D eigenvalue weighted by molar-refractivity contribution is 5.97. The Kier molecular flexibility index (Phi) is 4.53. The fraction of sp³-hybridized carbons (Fsp3) is 0.267. The van der Waals surface area contributed by atoms with Crippen LogP contribution in [-0.4, -0.2) is 30.2 Å². The van der Waals surface area contributed by atoms with E-state index in [1.165, 1.54) is 26.5 Å². The molecule has 2 rings (SSSR count). The number of ether oxygens (including phenoxy) is 2. The molecule has 0 aliphatic rings. The van der Waals surface area contributed by atoms with Crippen molar-refractivity contribution in [3.63, 3.8) is 0 Å². The number of nitrogens with zero attached hydrogens (tertiary/aromatic N) is 2. The Morgan fingerprint density at radius 1 is 1.09 bits per heavy atom. The number of esters is 1. The smallest absolute Gasteiger partial charge is 0.433 e. The number of hydrogen-bond donors (Lipinski definition) is 0. The van der Waals surface area contributed by atoms with Gasteiger partial charge in [0.1, 0.15) is 11.4 Å². The van der Waals surface area contributed by atoms with Crippen LogP contribution in [0.1, 0.15) is 21.7 Å². The topological polar surface area (TPSA) is 61.3 Å². The van der Waals surface area contributed by atoms with Gasteiger partial charge in [0.15, 0.2) is 0 Å². The minimum atomic E-state index is -4.62. The summed E-state index contributed by atoms with van der Waals surface area (Å²) in [7, 11) is 2.48. The van der Waals surface area contributed by atoms with Gasteiger partial charge in [-0.1, -0.05) is 0 Å². The van der Waals surface area contributed by atoms with Crippen molar-refractivity contribution in [1.29, 1.82) is 0 Å². The maximum Gasteiger partial charge on any atom is 0.433 e. The van der Waals surface area contributed by atoms with E-state index in [4.69, 9.17) is 4.74 Å². The SMILES string of the molecule is COC(=O)c1cnc(C)cc1-c1cc(C(F)(F)F)ncc1OC. The molecular formula is C15H13F3N2O3. The van der Waals surface area contributed by atoms with E-state index < -0.39 is 17.8 Å². The summed E-state index contributed by atoms with van der Waals surface area (Å²) in [5.41, 5.74) is -0.204. The van der Waals surface area contributed by atoms with Crippen molar-refractivity contribution in [1.82, 2.24) is 9.97 Å². The Labute approximate surface area is 130 Å². The van der Waals surface area contributed by atoms with E-state index >= 15 is 0 Å². The normalized spacial score (nSPS) is 11.2. The van der Waals surface area contributed by atoms with Crippen molar-refractivity contribution in [2.75, 3.05) is 14.2 Å². The molecule has 2 heterocycles. The predicted octanol–water partition coefficient (Wildman–Crippen LogP) is 3.27. The van der Waals surface area contributed by atoms with E-state index in [1.54, 1.807) is 6.92 Å². The molecule has 0 N–H and O–H groups in total. The van der Waals surface area contributed by atoms with E-state index in [2.05, 4.69) is 14.7 Å². The Bertz CT molecular complexity index is 745. The van der Waals surface area contributed by atoms with Gasteiger partial charge in [-0.05, 0) is 19.1 Å². The van der Waals surface area contributed by atoms with Crippen LogP contribution in [-0.2, 0) is 10.9 Å². The minimum absolute atomic E-state index is 0.0377. The first kappa shape index (κ1) is 16.7. The van der Waals surface area contributed by atoms with Gasteiger partial charge in [-0.25, -0.2) is 9.78 Å². The maximum absolute atomic E-state index is 12.9. The third kappa shape index (κ3) is 3.41. The molecule has 23 heavy (non-hydrogen) atoms. The highest BCUT2D eigenvalue weighted by Gasteiger charge is 2.33. The summed E-state index contributed by atoms with van der Waals surface area (Å²) in [5.74, 6) is -0.603. The molecule has 0 spiro atoms. The van der Waals surface area contributed by atoms with Crippen LogP contribution in [0.5, 0.6) is 5.75 Å². The van der Waals surface area contributed by atoms with E-state index in [0.717, 1.165) is 12.3 Å². The van der Waals surface area contributed by atoms with Crippen molar-refractivity contribution in [2.24, 2.45) is 0 Å². The number of pyridine rings is 2. The van der Waals surface area contributed by atoms with Crippen LogP contribution in [0.15, 0.2) is 24.5 Å². The highest BCUT2D eigenvalue weighted by Crippen LogP contribution is 2.37. The van der Waals surface area contributed by atoms with Crippen LogP contribution in [0.4, 0.5) is 13.2 Å². The van der Waals surface area contributed by atoms with Crippen molar-refractivity contribution >= 4 is 5.97 Å². The van der Waals surface area contributed by atoms with Gasteiger partial charge in [0, 0.05) is 23.0 Å². The molecular weight excluding hydrogens is 313 g/mol. The second-order valence-electron chi connectivity index (χ2n) is 4.63. The molecule has 0 aromatic carbocycles. The number of rotatable bonds is 3. The average molecular weight is 326 g/mol. The highest BCUT2D eigenvalue weighted by atomic mass is 19.4. The van der Waals surface area contributed by atoms with Crippen molar-refractivity contribution in [2.45, 2.75) is 13.1 Å². The minimum Gasteiger partial charge on any atom is -0.494 e. The Morgan fingerprint density at radius 3 is 2.35 bits per heavy atom. The van der Waals surface area contributed by atoms with Crippen molar-refractivity contribution < 1.29 is 27.4 Å². The lowest BCUT2D eigenvalue weighted by molar-refractivity contribution is -0.141. The zero-order chi connectivity index (χ0) is 17.2. The molecule has 0 amide bonds. The quantitative estimate of drug-likeness (QED) is 0.810.